The van der Waals surface area contributed by atoms with Crippen LogP contribution in [0.2, 0.25) is 5.02 Å². The number of aliphatic imine (C=N–C) groups is 1. The SMILES string of the molecule is N=C1C(=Cc2cc(Cl)ccc2OCc2ccccc2)C(=O)N=C2SN=C(SCc3ccccc3)N12. The lowest BCUT2D eigenvalue weighted by Gasteiger charge is -2.24. The van der Waals surface area contributed by atoms with Gasteiger partial charge in [0, 0.05) is 16.3 Å². The van der Waals surface area contributed by atoms with Crippen LogP contribution in [-0.4, -0.2) is 27.0 Å². The van der Waals surface area contributed by atoms with Crippen molar-refractivity contribution in [3.63, 3.8) is 0 Å². The lowest BCUT2D eigenvalue weighted by atomic mass is 10.1. The van der Waals surface area contributed by atoms with Crippen molar-refractivity contribution in [2.45, 2.75) is 12.4 Å². The smallest absolute Gasteiger partial charge is 0.283 e. The molecule has 2 heterocycles. The molecule has 2 aliphatic heterocycles. The Hall–Kier alpha value is -3.33. The van der Waals surface area contributed by atoms with Gasteiger partial charge in [0.15, 0.2) is 5.17 Å². The average molecular weight is 519 g/mol. The maximum atomic E-state index is 12.8. The Kier molecular flexibility index (Phi) is 7.03. The number of ether oxygens (including phenoxy) is 1. The van der Waals surface area contributed by atoms with E-state index >= 15 is 0 Å². The summed E-state index contributed by atoms with van der Waals surface area (Å²) in [5, 5.41) is 10.3. The van der Waals surface area contributed by atoms with Crippen molar-refractivity contribution in [3.05, 3.63) is 106 Å². The zero-order valence-electron chi connectivity index (χ0n) is 18.3. The van der Waals surface area contributed by atoms with E-state index in [1.807, 2.05) is 60.7 Å². The molecule has 0 unspecified atom stereocenters. The number of carbonyl (C=O) groups is 1. The van der Waals surface area contributed by atoms with Crippen molar-refractivity contribution in [2.75, 3.05) is 0 Å². The number of fused-ring (bicyclic) bond motifs is 1. The molecule has 0 aliphatic carbocycles. The fraction of sp³-hybridized carbons (Fsp3) is 0.0769. The molecule has 0 bridgehead atoms. The highest BCUT2D eigenvalue weighted by Gasteiger charge is 2.37. The zero-order chi connectivity index (χ0) is 24.2. The van der Waals surface area contributed by atoms with Crippen molar-refractivity contribution in [2.24, 2.45) is 9.39 Å². The van der Waals surface area contributed by atoms with Gasteiger partial charge in [0.2, 0.25) is 5.17 Å². The standard InChI is InChI=1S/C26H19ClN4O2S2/c27-20-11-12-22(33-15-17-7-3-1-4-8-17)19(13-20)14-21-23(28)31-25(29-24(21)32)35-30-26(31)34-16-18-9-5-2-6-10-18/h1-14,28H,15-16H2. The Morgan fingerprint density at radius 1 is 1.03 bits per heavy atom. The molecule has 174 valence electrons. The van der Waals surface area contributed by atoms with E-state index in [1.54, 1.807) is 29.2 Å². The normalized spacial score (nSPS) is 16.3. The minimum Gasteiger partial charge on any atom is -0.488 e. The summed E-state index contributed by atoms with van der Waals surface area (Å²) in [6.07, 6.45) is 1.61. The van der Waals surface area contributed by atoms with Gasteiger partial charge in [0.05, 0.1) is 17.5 Å². The fourth-order valence-corrected chi connectivity index (χ4v) is 5.45. The highest BCUT2D eigenvalue weighted by molar-refractivity contribution is 8.18. The van der Waals surface area contributed by atoms with Gasteiger partial charge >= 0.3 is 0 Å². The van der Waals surface area contributed by atoms with E-state index in [0.29, 0.717) is 39.0 Å². The van der Waals surface area contributed by atoms with Gasteiger partial charge in [-0.2, -0.15) is 9.39 Å². The van der Waals surface area contributed by atoms with Gasteiger partial charge in [0.25, 0.3) is 5.91 Å². The Balaban J connectivity index is 1.39. The van der Waals surface area contributed by atoms with Gasteiger partial charge in [-0.25, -0.2) is 4.90 Å². The second kappa shape index (κ2) is 10.5. The summed E-state index contributed by atoms with van der Waals surface area (Å²) in [6.45, 7) is 0.363. The van der Waals surface area contributed by atoms with Crippen LogP contribution in [0.15, 0.2) is 93.8 Å². The molecule has 1 amide bonds. The summed E-state index contributed by atoms with van der Waals surface area (Å²) in [4.78, 5) is 18.6. The second-order valence-corrected chi connectivity index (χ2v) is 9.75. The molecule has 5 rings (SSSR count). The lowest BCUT2D eigenvalue weighted by Crippen LogP contribution is -2.41. The summed E-state index contributed by atoms with van der Waals surface area (Å²) < 4.78 is 10.5. The summed E-state index contributed by atoms with van der Waals surface area (Å²) in [6, 6.07) is 25.0. The summed E-state index contributed by atoms with van der Waals surface area (Å²) in [5.41, 5.74) is 2.91. The molecule has 6 nitrogen and oxygen atoms in total. The number of rotatable bonds is 6. The van der Waals surface area contributed by atoms with E-state index in [9.17, 15) is 4.79 Å². The number of nitrogens with one attached hydrogen (secondary N) is 1. The molecular weight excluding hydrogens is 500 g/mol. The minimum absolute atomic E-state index is 0.0262. The first-order chi connectivity index (χ1) is 17.1. The van der Waals surface area contributed by atoms with Crippen molar-refractivity contribution in [3.8, 4) is 5.75 Å². The molecule has 0 aromatic heterocycles. The van der Waals surface area contributed by atoms with Crippen LogP contribution in [-0.2, 0) is 17.2 Å². The van der Waals surface area contributed by atoms with Gasteiger partial charge in [0.1, 0.15) is 18.2 Å². The number of hydrogen-bond donors (Lipinski definition) is 1. The van der Waals surface area contributed by atoms with Gasteiger partial charge in [-0.15, -0.1) is 0 Å². The first-order valence-corrected chi connectivity index (χ1v) is 12.8. The highest BCUT2D eigenvalue weighted by Crippen LogP contribution is 2.34. The number of carbonyl (C=O) groups excluding carboxylic acids is 1. The monoisotopic (exact) mass is 518 g/mol. The van der Waals surface area contributed by atoms with E-state index in [-0.39, 0.29) is 11.4 Å². The number of amidine groups is 3. The Morgan fingerprint density at radius 3 is 2.49 bits per heavy atom. The average Bonchev–Trinajstić information content (AvgIpc) is 3.28. The van der Waals surface area contributed by atoms with Crippen LogP contribution in [0.1, 0.15) is 16.7 Å². The van der Waals surface area contributed by atoms with Crippen LogP contribution in [0, 0.1) is 5.41 Å². The molecule has 3 aromatic carbocycles. The van der Waals surface area contributed by atoms with Crippen molar-refractivity contribution < 1.29 is 9.53 Å². The summed E-state index contributed by atoms with van der Waals surface area (Å²) >= 11 is 8.85. The zero-order valence-corrected chi connectivity index (χ0v) is 20.7. The van der Waals surface area contributed by atoms with Gasteiger partial charge < -0.3 is 4.74 Å². The number of benzene rings is 3. The maximum absolute atomic E-state index is 12.8. The number of thioether (sulfide) groups is 1. The first kappa shape index (κ1) is 23.4. The third-order valence-corrected chi connectivity index (χ3v) is 7.28. The van der Waals surface area contributed by atoms with E-state index in [2.05, 4.69) is 9.39 Å². The Bertz CT molecular complexity index is 1370. The number of amides is 1. The molecule has 0 fully saturated rings. The Labute approximate surface area is 216 Å². The number of nitrogens with zero attached hydrogens (tertiary/aromatic N) is 3. The van der Waals surface area contributed by atoms with Crippen LogP contribution in [0.5, 0.6) is 5.75 Å². The van der Waals surface area contributed by atoms with Crippen LogP contribution in [0.3, 0.4) is 0 Å². The predicted molar refractivity (Wildman–Crippen MR) is 145 cm³/mol. The summed E-state index contributed by atoms with van der Waals surface area (Å²) in [5.74, 6) is 0.783. The van der Waals surface area contributed by atoms with Crippen molar-refractivity contribution in [1.29, 1.82) is 5.41 Å². The number of hydrogen-bond acceptors (Lipinski definition) is 6. The molecule has 1 N–H and O–H groups in total. The van der Waals surface area contributed by atoms with Gasteiger partial charge in [-0.05, 0) is 35.4 Å². The molecule has 0 saturated heterocycles. The third-order valence-electron chi connectivity index (χ3n) is 5.21. The first-order valence-electron chi connectivity index (χ1n) is 10.7. The van der Waals surface area contributed by atoms with Crippen LogP contribution >= 0.6 is 35.3 Å². The topological polar surface area (TPSA) is 78.1 Å². The van der Waals surface area contributed by atoms with E-state index < -0.39 is 5.91 Å². The molecule has 0 saturated carbocycles. The van der Waals surface area contributed by atoms with Crippen molar-refractivity contribution in [1.82, 2.24) is 4.90 Å². The molecule has 2 aliphatic rings. The van der Waals surface area contributed by atoms with Crippen LogP contribution in [0.4, 0.5) is 0 Å². The van der Waals surface area contributed by atoms with E-state index in [4.69, 9.17) is 21.7 Å². The molecule has 0 radical (unpaired) electrons. The van der Waals surface area contributed by atoms with Crippen molar-refractivity contribution >= 4 is 63.5 Å². The second-order valence-electron chi connectivity index (χ2n) is 7.64. The van der Waals surface area contributed by atoms with Crippen LogP contribution in [0.25, 0.3) is 6.08 Å². The molecular formula is C26H19ClN4O2S2. The maximum Gasteiger partial charge on any atom is 0.283 e. The Morgan fingerprint density at radius 2 is 1.74 bits per heavy atom. The molecule has 3 aromatic rings. The molecule has 35 heavy (non-hydrogen) atoms. The fourth-order valence-electron chi connectivity index (χ4n) is 3.47. The molecule has 0 spiro atoms. The largest absolute Gasteiger partial charge is 0.488 e. The predicted octanol–water partition coefficient (Wildman–Crippen LogP) is 6.43. The van der Waals surface area contributed by atoms with Crippen LogP contribution < -0.4 is 4.74 Å². The minimum atomic E-state index is -0.493. The molecule has 0 atom stereocenters. The molecule has 9 heteroatoms. The summed E-state index contributed by atoms with van der Waals surface area (Å²) in [7, 11) is 0. The van der Waals surface area contributed by atoms with E-state index in [0.717, 1.165) is 23.1 Å². The quantitative estimate of drug-likeness (QED) is 0.300. The number of halogens is 1. The van der Waals surface area contributed by atoms with E-state index in [1.165, 1.54) is 11.8 Å². The lowest BCUT2D eigenvalue weighted by molar-refractivity contribution is -0.114. The van der Waals surface area contributed by atoms with Gasteiger partial charge in [-0.3, -0.25) is 10.2 Å². The third kappa shape index (κ3) is 5.35. The van der Waals surface area contributed by atoms with Gasteiger partial charge in [-0.1, -0.05) is 84.0 Å². The highest BCUT2D eigenvalue weighted by atomic mass is 35.5.